The Balaban J connectivity index is 2.37. The Bertz CT molecular complexity index is 704. The van der Waals surface area contributed by atoms with Gasteiger partial charge in [-0.3, -0.25) is 4.79 Å². The Hall–Kier alpha value is -2.63. The van der Waals surface area contributed by atoms with Crippen molar-refractivity contribution in [1.82, 2.24) is 9.55 Å². The molecule has 21 heavy (non-hydrogen) atoms. The number of amides is 1. The van der Waals surface area contributed by atoms with E-state index in [1.165, 1.54) is 13.3 Å². The fourth-order valence-corrected chi connectivity index (χ4v) is 2.13. The molecule has 0 spiro atoms. The van der Waals surface area contributed by atoms with Crippen molar-refractivity contribution in [2.75, 3.05) is 7.11 Å². The maximum atomic E-state index is 11.7. The monoisotopic (exact) mass is 287 g/mol. The van der Waals surface area contributed by atoms with Crippen LogP contribution in [0.3, 0.4) is 0 Å². The Labute approximate surface area is 122 Å². The van der Waals surface area contributed by atoms with Gasteiger partial charge in [0, 0.05) is 12.1 Å². The summed E-state index contributed by atoms with van der Waals surface area (Å²) in [6, 6.07) is 5.24. The number of methoxy groups -OCH3 is 1. The number of nitrogens with two attached hydrogens (primary N) is 1. The maximum Gasteiger partial charge on any atom is 0.356 e. The highest BCUT2D eigenvalue weighted by atomic mass is 16.5. The number of ether oxygens (including phenoxy) is 1. The number of hydrogen-bond acceptors (Lipinski definition) is 4. The van der Waals surface area contributed by atoms with Crippen molar-refractivity contribution in [3.8, 4) is 0 Å². The van der Waals surface area contributed by atoms with E-state index < -0.39 is 11.9 Å². The average Bonchev–Trinajstić information content (AvgIpc) is 2.81. The second-order valence-corrected chi connectivity index (χ2v) is 4.77. The molecule has 1 aromatic heterocycles. The molecule has 6 nitrogen and oxygen atoms in total. The molecule has 1 heterocycles. The normalized spacial score (nSPS) is 10.4. The van der Waals surface area contributed by atoms with Crippen LogP contribution in [0.1, 0.15) is 37.8 Å². The molecule has 0 bridgehead atoms. The molecule has 0 aliphatic carbocycles. The fraction of sp³-hybridized carbons (Fsp3) is 0.267. The predicted molar refractivity (Wildman–Crippen MR) is 77.1 cm³/mol. The maximum absolute atomic E-state index is 11.7. The second kappa shape index (κ2) is 5.78. The van der Waals surface area contributed by atoms with Crippen LogP contribution in [0.15, 0.2) is 24.4 Å². The first-order chi connectivity index (χ1) is 9.93. The number of nitrogens with zero attached hydrogens (tertiary/aromatic N) is 2. The number of imidazole rings is 1. The minimum Gasteiger partial charge on any atom is -0.464 e. The summed E-state index contributed by atoms with van der Waals surface area (Å²) in [5.74, 6) is -0.172. The van der Waals surface area contributed by atoms with Gasteiger partial charge in [0.05, 0.1) is 13.3 Å². The third-order valence-corrected chi connectivity index (χ3v) is 3.41. The van der Waals surface area contributed by atoms with Gasteiger partial charge in [0.25, 0.3) is 0 Å². The van der Waals surface area contributed by atoms with Crippen molar-refractivity contribution < 1.29 is 14.3 Å². The molecule has 0 aliphatic rings. The van der Waals surface area contributed by atoms with E-state index in [1.54, 1.807) is 16.7 Å². The van der Waals surface area contributed by atoms with Crippen LogP contribution in [-0.4, -0.2) is 28.5 Å². The summed E-state index contributed by atoms with van der Waals surface area (Å²) in [7, 11) is 1.34. The average molecular weight is 287 g/mol. The lowest BCUT2D eigenvalue weighted by molar-refractivity contribution is 0.0588. The van der Waals surface area contributed by atoms with Crippen LogP contribution < -0.4 is 5.73 Å². The zero-order valence-electron chi connectivity index (χ0n) is 12.2. The number of benzene rings is 1. The van der Waals surface area contributed by atoms with Crippen molar-refractivity contribution in [3.05, 3.63) is 52.6 Å². The minimum atomic E-state index is -0.460. The molecular formula is C15H17N3O3. The fourth-order valence-electron chi connectivity index (χ4n) is 2.13. The first-order valence-corrected chi connectivity index (χ1v) is 6.43. The van der Waals surface area contributed by atoms with E-state index in [0.717, 1.165) is 11.1 Å². The Morgan fingerprint density at radius 1 is 1.33 bits per heavy atom. The van der Waals surface area contributed by atoms with E-state index in [0.29, 0.717) is 23.6 Å². The van der Waals surface area contributed by atoms with Crippen LogP contribution >= 0.6 is 0 Å². The van der Waals surface area contributed by atoms with Crippen LogP contribution in [0.2, 0.25) is 0 Å². The highest BCUT2D eigenvalue weighted by Crippen LogP contribution is 2.15. The molecule has 0 aliphatic heterocycles. The first kappa shape index (κ1) is 14.8. The Morgan fingerprint density at radius 2 is 2.05 bits per heavy atom. The Kier molecular flexibility index (Phi) is 4.07. The predicted octanol–water partition coefficient (Wildman–Crippen LogP) is 1.43. The molecule has 0 saturated carbocycles. The molecule has 2 N–H and O–H groups in total. The zero-order chi connectivity index (χ0) is 15.6. The van der Waals surface area contributed by atoms with E-state index in [1.807, 2.05) is 19.9 Å². The third kappa shape index (κ3) is 2.94. The van der Waals surface area contributed by atoms with Crippen molar-refractivity contribution >= 4 is 11.9 Å². The molecular weight excluding hydrogens is 270 g/mol. The number of carbonyl (C=O) groups is 2. The number of rotatable bonds is 4. The van der Waals surface area contributed by atoms with Crippen LogP contribution in [0.4, 0.5) is 0 Å². The molecule has 1 aromatic carbocycles. The molecule has 0 atom stereocenters. The molecule has 0 unspecified atom stereocenters. The molecule has 2 aromatic rings. The van der Waals surface area contributed by atoms with Gasteiger partial charge in [0.15, 0.2) is 0 Å². The lowest BCUT2D eigenvalue weighted by Crippen LogP contribution is -2.14. The van der Waals surface area contributed by atoms with Gasteiger partial charge in [-0.15, -0.1) is 0 Å². The van der Waals surface area contributed by atoms with Gasteiger partial charge in [-0.25, -0.2) is 9.78 Å². The standard InChI is InChI=1S/C15H17N3O3/c1-9-6-11(14(16)19)4-5-12(9)8-18-10(2)17-7-13(18)15(20)21-3/h4-7H,8H2,1-3H3,(H2,16,19). The van der Waals surface area contributed by atoms with E-state index in [2.05, 4.69) is 4.98 Å². The van der Waals surface area contributed by atoms with Gasteiger partial charge in [-0.2, -0.15) is 0 Å². The summed E-state index contributed by atoms with van der Waals surface area (Å²) in [5, 5.41) is 0. The van der Waals surface area contributed by atoms with E-state index in [9.17, 15) is 9.59 Å². The van der Waals surface area contributed by atoms with Crippen LogP contribution in [-0.2, 0) is 11.3 Å². The van der Waals surface area contributed by atoms with Gasteiger partial charge in [-0.1, -0.05) is 6.07 Å². The molecule has 110 valence electrons. The molecule has 0 saturated heterocycles. The SMILES string of the molecule is COC(=O)c1cnc(C)n1Cc1ccc(C(N)=O)cc1C. The van der Waals surface area contributed by atoms with Gasteiger partial charge in [0.1, 0.15) is 11.5 Å². The van der Waals surface area contributed by atoms with E-state index in [4.69, 9.17) is 10.5 Å². The van der Waals surface area contributed by atoms with Crippen LogP contribution in [0.25, 0.3) is 0 Å². The summed E-state index contributed by atoms with van der Waals surface area (Å²) in [4.78, 5) is 27.0. The van der Waals surface area contributed by atoms with Crippen molar-refractivity contribution in [3.63, 3.8) is 0 Å². The second-order valence-electron chi connectivity index (χ2n) is 4.77. The number of primary amides is 1. The highest BCUT2D eigenvalue weighted by molar-refractivity contribution is 5.93. The molecule has 2 rings (SSSR count). The number of esters is 1. The molecule has 1 amide bonds. The van der Waals surface area contributed by atoms with Crippen molar-refractivity contribution in [2.45, 2.75) is 20.4 Å². The van der Waals surface area contributed by atoms with Gasteiger partial charge < -0.3 is 15.0 Å². The summed E-state index contributed by atoms with van der Waals surface area (Å²) >= 11 is 0. The van der Waals surface area contributed by atoms with E-state index >= 15 is 0 Å². The topological polar surface area (TPSA) is 87.2 Å². The smallest absolute Gasteiger partial charge is 0.356 e. The number of carbonyl (C=O) groups excluding carboxylic acids is 2. The molecule has 0 fully saturated rings. The summed E-state index contributed by atoms with van der Waals surface area (Å²) < 4.78 is 6.52. The van der Waals surface area contributed by atoms with Gasteiger partial charge >= 0.3 is 5.97 Å². The van der Waals surface area contributed by atoms with Crippen LogP contribution in [0, 0.1) is 13.8 Å². The Morgan fingerprint density at radius 3 is 2.62 bits per heavy atom. The molecule has 0 radical (unpaired) electrons. The number of aryl methyl sites for hydroxylation is 2. The quantitative estimate of drug-likeness (QED) is 0.862. The summed E-state index contributed by atoms with van der Waals surface area (Å²) in [6.07, 6.45) is 1.49. The lowest BCUT2D eigenvalue weighted by Gasteiger charge is -2.12. The lowest BCUT2D eigenvalue weighted by atomic mass is 10.0. The molecule has 6 heteroatoms. The minimum absolute atomic E-state index is 0.397. The van der Waals surface area contributed by atoms with Crippen molar-refractivity contribution in [2.24, 2.45) is 5.73 Å². The third-order valence-electron chi connectivity index (χ3n) is 3.41. The summed E-state index contributed by atoms with van der Waals surface area (Å²) in [6.45, 7) is 4.19. The van der Waals surface area contributed by atoms with Crippen molar-refractivity contribution in [1.29, 1.82) is 0 Å². The van der Waals surface area contributed by atoms with Gasteiger partial charge in [-0.05, 0) is 37.1 Å². The van der Waals surface area contributed by atoms with Crippen LogP contribution in [0.5, 0.6) is 0 Å². The largest absolute Gasteiger partial charge is 0.464 e. The zero-order valence-corrected chi connectivity index (χ0v) is 12.2. The van der Waals surface area contributed by atoms with E-state index in [-0.39, 0.29) is 0 Å². The first-order valence-electron chi connectivity index (χ1n) is 6.43. The number of aromatic nitrogens is 2. The summed E-state index contributed by atoms with van der Waals surface area (Å²) in [5.41, 5.74) is 8.02. The number of hydrogen-bond donors (Lipinski definition) is 1. The van der Waals surface area contributed by atoms with Gasteiger partial charge in [0.2, 0.25) is 5.91 Å². The highest BCUT2D eigenvalue weighted by Gasteiger charge is 2.16.